The molecule has 1 amide bonds. The number of rotatable bonds is 8. The number of Topliss-reactive ketones (excluding diaryl/α,β-unsaturated/α-hetero) is 1. The van der Waals surface area contributed by atoms with Gasteiger partial charge in [0.05, 0.1) is 11.4 Å². The van der Waals surface area contributed by atoms with Gasteiger partial charge in [-0.2, -0.15) is 0 Å². The van der Waals surface area contributed by atoms with Crippen molar-refractivity contribution in [3.05, 3.63) is 89.9 Å². The maximum atomic E-state index is 12.3. The number of benzene rings is 2. The summed E-state index contributed by atoms with van der Waals surface area (Å²) in [5.41, 5.74) is 4.01. The van der Waals surface area contributed by atoms with Crippen LogP contribution in [0.1, 0.15) is 29.6 Å². The quantitative estimate of drug-likeness (QED) is 0.357. The Kier molecular flexibility index (Phi) is 6.59. The summed E-state index contributed by atoms with van der Waals surface area (Å²) in [7, 11) is 0. The minimum Gasteiger partial charge on any atom is -0.326 e. The number of pyridine rings is 1. The molecule has 2 aromatic heterocycles. The van der Waals surface area contributed by atoms with Crippen LogP contribution >= 0.6 is 11.3 Å². The second kappa shape index (κ2) is 9.91. The van der Waals surface area contributed by atoms with E-state index in [-0.39, 0.29) is 11.7 Å². The standard InChI is InChI=1S/C25H21N3O2S/c29-23(18-8-2-1-3-9-18)13-7-14-24(30)27-20-11-6-10-19(16-20)22-17-31-25(28-22)21-12-4-5-15-26-21/h1-6,8-12,15-17H,7,13-14H2,(H,27,30). The van der Waals surface area contributed by atoms with Crippen molar-refractivity contribution >= 4 is 28.7 Å². The van der Waals surface area contributed by atoms with Crippen LogP contribution in [0.2, 0.25) is 0 Å². The van der Waals surface area contributed by atoms with Crippen LogP contribution in [0.25, 0.3) is 22.0 Å². The van der Waals surface area contributed by atoms with Gasteiger partial charge in [0.2, 0.25) is 5.91 Å². The Morgan fingerprint density at radius 1 is 0.871 bits per heavy atom. The molecule has 6 heteroatoms. The van der Waals surface area contributed by atoms with Gasteiger partial charge in [-0.3, -0.25) is 14.6 Å². The summed E-state index contributed by atoms with van der Waals surface area (Å²) < 4.78 is 0. The minimum absolute atomic E-state index is 0.0580. The summed E-state index contributed by atoms with van der Waals surface area (Å²) in [4.78, 5) is 33.5. The van der Waals surface area contributed by atoms with Gasteiger partial charge in [-0.15, -0.1) is 11.3 Å². The molecule has 0 saturated carbocycles. The fraction of sp³-hybridized carbons (Fsp3) is 0.120. The van der Waals surface area contributed by atoms with Gasteiger partial charge < -0.3 is 5.32 Å². The molecule has 0 bridgehead atoms. The third-order valence-electron chi connectivity index (χ3n) is 4.73. The predicted molar refractivity (Wildman–Crippen MR) is 124 cm³/mol. The van der Waals surface area contributed by atoms with Gasteiger partial charge in [-0.25, -0.2) is 4.98 Å². The molecule has 0 unspecified atom stereocenters. The topological polar surface area (TPSA) is 72.0 Å². The first-order chi connectivity index (χ1) is 15.2. The minimum atomic E-state index is -0.106. The highest BCUT2D eigenvalue weighted by molar-refractivity contribution is 7.13. The Labute approximate surface area is 184 Å². The van der Waals surface area contributed by atoms with Crippen LogP contribution in [-0.4, -0.2) is 21.7 Å². The van der Waals surface area contributed by atoms with E-state index in [1.54, 1.807) is 18.3 Å². The van der Waals surface area contributed by atoms with Crippen molar-refractivity contribution in [1.82, 2.24) is 9.97 Å². The Morgan fingerprint density at radius 2 is 1.71 bits per heavy atom. The van der Waals surface area contributed by atoms with Crippen LogP contribution in [0.15, 0.2) is 84.4 Å². The summed E-state index contributed by atoms with van der Waals surface area (Å²) >= 11 is 1.54. The third kappa shape index (κ3) is 5.49. The van der Waals surface area contributed by atoms with E-state index in [1.165, 1.54) is 11.3 Å². The molecule has 2 aromatic carbocycles. The number of anilines is 1. The zero-order valence-electron chi connectivity index (χ0n) is 16.8. The molecular formula is C25H21N3O2S. The average Bonchev–Trinajstić information content (AvgIpc) is 3.31. The van der Waals surface area contributed by atoms with Crippen LogP contribution in [0.4, 0.5) is 5.69 Å². The van der Waals surface area contributed by atoms with Gasteiger partial charge in [0.15, 0.2) is 5.78 Å². The average molecular weight is 428 g/mol. The molecule has 2 heterocycles. The summed E-state index contributed by atoms with van der Waals surface area (Å²) in [5.74, 6) is -0.0481. The highest BCUT2D eigenvalue weighted by Gasteiger charge is 2.10. The van der Waals surface area contributed by atoms with Crippen molar-refractivity contribution in [2.45, 2.75) is 19.3 Å². The molecule has 31 heavy (non-hydrogen) atoms. The van der Waals surface area contributed by atoms with Crippen LogP contribution < -0.4 is 5.32 Å². The van der Waals surface area contributed by atoms with E-state index < -0.39 is 0 Å². The van der Waals surface area contributed by atoms with E-state index in [1.807, 2.05) is 66.0 Å². The number of hydrogen-bond acceptors (Lipinski definition) is 5. The second-order valence-electron chi connectivity index (χ2n) is 7.02. The van der Waals surface area contributed by atoms with E-state index in [4.69, 9.17) is 0 Å². The van der Waals surface area contributed by atoms with Crippen molar-refractivity contribution in [3.8, 4) is 22.0 Å². The lowest BCUT2D eigenvalue weighted by atomic mass is 10.1. The van der Waals surface area contributed by atoms with E-state index in [0.717, 1.165) is 22.0 Å². The predicted octanol–water partition coefficient (Wildman–Crippen LogP) is 5.86. The fourth-order valence-corrected chi connectivity index (χ4v) is 3.98. The molecule has 0 aliphatic heterocycles. The van der Waals surface area contributed by atoms with Crippen molar-refractivity contribution in [2.24, 2.45) is 0 Å². The fourth-order valence-electron chi connectivity index (χ4n) is 3.17. The SMILES string of the molecule is O=C(CCCC(=O)c1ccccc1)Nc1cccc(-c2csc(-c3ccccn3)n2)c1. The molecule has 4 rings (SSSR count). The number of ketones is 1. The Balaban J connectivity index is 1.34. The molecular weight excluding hydrogens is 406 g/mol. The molecule has 1 N–H and O–H groups in total. The summed E-state index contributed by atoms with van der Waals surface area (Å²) in [6, 6.07) is 22.5. The van der Waals surface area contributed by atoms with E-state index >= 15 is 0 Å². The van der Waals surface area contributed by atoms with Gasteiger partial charge >= 0.3 is 0 Å². The molecule has 0 aliphatic rings. The van der Waals surface area contributed by atoms with Gasteiger partial charge in [0.25, 0.3) is 0 Å². The molecule has 0 atom stereocenters. The number of aromatic nitrogens is 2. The highest BCUT2D eigenvalue weighted by atomic mass is 32.1. The van der Waals surface area contributed by atoms with Gasteiger partial charge in [-0.05, 0) is 30.7 Å². The lowest BCUT2D eigenvalue weighted by Crippen LogP contribution is -2.12. The van der Waals surface area contributed by atoms with Crippen molar-refractivity contribution in [1.29, 1.82) is 0 Å². The molecule has 0 radical (unpaired) electrons. The molecule has 5 nitrogen and oxygen atoms in total. The monoisotopic (exact) mass is 427 g/mol. The largest absolute Gasteiger partial charge is 0.326 e. The molecule has 0 aliphatic carbocycles. The maximum absolute atomic E-state index is 12.3. The summed E-state index contributed by atoms with van der Waals surface area (Å²) in [5, 5.41) is 5.76. The number of amides is 1. The first-order valence-corrected chi connectivity index (χ1v) is 10.9. The summed E-state index contributed by atoms with van der Waals surface area (Å²) in [6.07, 6.45) is 2.91. The van der Waals surface area contributed by atoms with Gasteiger partial charge in [-0.1, -0.05) is 48.5 Å². The smallest absolute Gasteiger partial charge is 0.224 e. The van der Waals surface area contributed by atoms with Crippen molar-refractivity contribution in [2.75, 3.05) is 5.32 Å². The number of carbonyl (C=O) groups excluding carboxylic acids is 2. The van der Waals surface area contributed by atoms with Crippen LogP contribution in [0.3, 0.4) is 0 Å². The van der Waals surface area contributed by atoms with E-state index in [0.29, 0.717) is 30.5 Å². The third-order valence-corrected chi connectivity index (χ3v) is 5.60. The molecule has 4 aromatic rings. The number of nitrogens with one attached hydrogen (secondary N) is 1. The Morgan fingerprint density at radius 3 is 2.52 bits per heavy atom. The van der Waals surface area contributed by atoms with E-state index in [2.05, 4.69) is 15.3 Å². The zero-order chi connectivity index (χ0) is 21.5. The first-order valence-electron chi connectivity index (χ1n) is 10.0. The normalized spacial score (nSPS) is 10.6. The van der Waals surface area contributed by atoms with Gasteiger partial charge in [0.1, 0.15) is 5.01 Å². The number of thiazole rings is 1. The van der Waals surface area contributed by atoms with Gasteiger partial charge in [0, 0.05) is 41.2 Å². The van der Waals surface area contributed by atoms with Crippen molar-refractivity contribution in [3.63, 3.8) is 0 Å². The number of hydrogen-bond donors (Lipinski definition) is 1. The number of nitrogens with zero attached hydrogens (tertiary/aromatic N) is 2. The Hall–Kier alpha value is -3.64. The van der Waals surface area contributed by atoms with Crippen LogP contribution in [0, 0.1) is 0 Å². The molecule has 0 saturated heterocycles. The maximum Gasteiger partial charge on any atom is 0.224 e. The molecule has 0 fully saturated rings. The summed E-state index contributed by atoms with van der Waals surface area (Å²) in [6.45, 7) is 0. The molecule has 0 spiro atoms. The highest BCUT2D eigenvalue weighted by Crippen LogP contribution is 2.29. The van der Waals surface area contributed by atoms with Crippen LogP contribution in [0.5, 0.6) is 0 Å². The zero-order valence-corrected chi connectivity index (χ0v) is 17.6. The lowest BCUT2D eigenvalue weighted by molar-refractivity contribution is -0.116. The van der Waals surface area contributed by atoms with Crippen molar-refractivity contribution < 1.29 is 9.59 Å². The number of carbonyl (C=O) groups is 2. The molecule has 154 valence electrons. The second-order valence-corrected chi connectivity index (χ2v) is 7.88. The van der Waals surface area contributed by atoms with Crippen LogP contribution in [-0.2, 0) is 4.79 Å². The lowest BCUT2D eigenvalue weighted by Gasteiger charge is -2.07. The first kappa shape index (κ1) is 20.6. The van der Waals surface area contributed by atoms with E-state index in [9.17, 15) is 9.59 Å². The Bertz CT molecular complexity index is 1170.